The molecule has 0 atom stereocenters. The number of hydrogen-bond donors (Lipinski definition) is 3. The van der Waals surface area contributed by atoms with Crippen LogP contribution in [0.3, 0.4) is 0 Å². The molecular weight excluding hydrogens is 208 g/mol. The van der Waals surface area contributed by atoms with Gasteiger partial charge in [0.05, 0.1) is 6.20 Å². The van der Waals surface area contributed by atoms with Crippen molar-refractivity contribution in [2.45, 2.75) is 26.3 Å². The van der Waals surface area contributed by atoms with Crippen LogP contribution in [0.5, 0.6) is 0 Å². The van der Waals surface area contributed by atoms with Gasteiger partial charge in [0.15, 0.2) is 0 Å². The number of rotatable bonds is 7. The molecular formula is C10H18N4O2. The molecule has 1 amide bonds. The van der Waals surface area contributed by atoms with Crippen LogP contribution in [0.25, 0.3) is 0 Å². The van der Waals surface area contributed by atoms with Crippen molar-refractivity contribution in [3.05, 3.63) is 11.8 Å². The van der Waals surface area contributed by atoms with Crippen LogP contribution in [0, 0.1) is 0 Å². The Bertz CT molecular complexity index is 324. The molecule has 0 saturated carbocycles. The summed E-state index contributed by atoms with van der Waals surface area (Å²) in [6.45, 7) is 3.66. The van der Waals surface area contributed by atoms with Crippen molar-refractivity contribution in [3.63, 3.8) is 0 Å². The maximum Gasteiger partial charge on any atom is 0.220 e. The van der Waals surface area contributed by atoms with E-state index in [0.717, 1.165) is 12.0 Å². The van der Waals surface area contributed by atoms with Gasteiger partial charge < -0.3 is 15.8 Å². The van der Waals surface area contributed by atoms with E-state index in [0.29, 0.717) is 32.0 Å². The van der Waals surface area contributed by atoms with Gasteiger partial charge in [-0.2, -0.15) is 5.10 Å². The second-order valence-electron chi connectivity index (χ2n) is 3.39. The summed E-state index contributed by atoms with van der Waals surface area (Å²) in [5, 5.41) is 9.14. The Balaban J connectivity index is 2.13. The smallest absolute Gasteiger partial charge is 0.220 e. The molecule has 0 aliphatic rings. The third-order valence-corrected chi connectivity index (χ3v) is 2.12. The first-order valence-corrected chi connectivity index (χ1v) is 5.36. The number of aromatic nitrogens is 2. The van der Waals surface area contributed by atoms with Crippen LogP contribution in [-0.4, -0.2) is 29.3 Å². The molecule has 4 N–H and O–H groups in total. The normalized spacial score (nSPS) is 10.3. The molecule has 6 heteroatoms. The fraction of sp³-hybridized carbons (Fsp3) is 0.600. The number of aromatic amines is 1. The van der Waals surface area contributed by atoms with Gasteiger partial charge in [0.25, 0.3) is 0 Å². The van der Waals surface area contributed by atoms with Gasteiger partial charge in [-0.15, -0.1) is 0 Å². The standard InChI is InChI=1S/C10H18N4O2/c1-2-16-5-3-4-9(15)12-6-8-7-13-14-10(8)11/h7H,2-6H2,1H3,(H,12,15)(H3,11,13,14). The molecule has 0 spiro atoms. The summed E-state index contributed by atoms with van der Waals surface area (Å²) < 4.78 is 5.14. The quantitative estimate of drug-likeness (QED) is 0.587. The van der Waals surface area contributed by atoms with Gasteiger partial charge in [0.1, 0.15) is 5.82 Å². The number of anilines is 1. The lowest BCUT2D eigenvalue weighted by atomic mass is 10.3. The van der Waals surface area contributed by atoms with Crippen LogP contribution in [-0.2, 0) is 16.1 Å². The van der Waals surface area contributed by atoms with Crippen LogP contribution >= 0.6 is 0 Å². The van der Waals surface area contributed by atoms with Gasteiger partial charge in [-0.05, 0) is 13.3 Å². The Morgan fingerprint density at radius 1 is 1.69 bits per heavy atom. The van der Waals surface area contributed by atoms with E-state index in [1.807, 2.05) is 6.92 Å². The van der Waals surface area contributed by atoms with Gasteiger partial charge >= 0.3 is 0 Å². The Labute approximate surface area is 94.5 Å². The molecule has 0 bridgehead atoms. The summed E-state index contributed by atoms with van der Waals surface area (Å²) in [7, 11) is 0. The summed E-state index contributed by atoms with van der Waals surface area (Å²) >= 11 is 0. The van der Waals surface area contributed by atoms with E-state index in [4.69, 9.17) is 10.5 Å². The third-order valence-electron chi connectivity index (χ3n) is 2.12. The zero-order chi connectivity index (χ0) is 11.8. The fourth-order valence-electron chi connectivity index (χ4n) is 1.22. The molecule has 1 heterocycles. The molecule has 0 radical (unpaired) electrons. The van der Waals surface area contributed by atoms with Gasteiger partial charge in [-0.1, -0.05) is 0 Å². The van der Waals surface area contributed by atoms with Gasteiger partial charge in [0, 0.05) is 31.7 Å². The molecule has 6 nitrogen and oxygen atoms in total. The number of nitrogens with zero attached hydrogens (tertiary/aromatic N) is 1. The molecule has 0 saturated heterocycles. The lowest BCUT2D eigenvalue weighted by Gasteiger charge is -2.04. The van der Waals surface area contributed by atoms with E-state index >= 15 is 0 Å². The minimum absolute atomic E-state index is 0.000281. The number of ether oxygens (including phenoxy) is 1. The molecule has 0 aliphatic carbocycles. The Morgan fingerprint density at radius 2 is 2.50 bits per heavy atom. The minimum Gasteiger partial charge on any atom is -0.384 e. The van der Waals surface area contributed by atoms with Crippen molar-refractivity contribution in [3.8, 4) is 0 Å². The SMILES string of the molecule is CCOCCCC(=O)NCc1cn[nH]c1N. The number of nitrogens with two attached hydrogens (primary N) is 1. The molecule has 16 heavy (non-hydrogen) atoms. The summed E-state index contributed by atoms with van der Waals surface area (Å²) in [5.74, 6) is 0.495. The number of carbonyl (C=O) groups excluding carboxylic acids is 1. The topological polar surface area (TPSA) is 93.0 Å². The summed E-state index contributed by atoms with van der Waals surface area (Å²) in [5.41, 5.74) is 6.38. The van der Waals surface area contributed by atoms with Gasteiger partial charge in [-0.25, -0.2) is 0 Å². The Hall–Kier alpha value is -1.56. The minimum atomic E-state index is 0.000281. The van der Waals surface area contributed by atoms with E-state index in [1.165, 1.54) is 0 Å². The van der Waals surface area contributed by atoms with E-state index in [-0.39, 0.29) is 5.91 Å². The van der Waals surface area contributed by atoms with E-state index in [1.54, 1.807) is 6.20 Å². The zero-order valence-corrected chi connectivity index (χ0v) is 9.45. The van der Waals surface area contributed by atoms with Crippen molar-refractivity contribution in [1.29, 1.82) is 0 Å². The Morgan fingerprint density at radius 3 is 3.12 bits per heavy atom. The maximum absolute atomic E-state index is 11.4. The van der Waals surface area contributed by atoms with Crippen molar-refractivity contribution in [2.75, 3.05) is 18.9 Å². The van der Waals surface area contributed by atoms with Crippen molar-refractivity contribution >= 4 is 11.7 Å². The lowest BCUT2D eigenvalue weighted by Crippen LogP contribution is -2.23. The number of H-pyrrole nitrogens is 1. The number of amides is 1. The van der Waals surface area contributed by atoms with E-state index < -0.39 is 0 Å². The predicted octanol–water partition coefficient (Wildman–Crippen LogP) is 0.425. The second-order valence-corrected chi connectivity index (χ2v) is 3.39. The molecule has 1 aromatic rings. The van der Waals surface area contributed by atoms with Crippen molar-refractivity contribution in [2.24, 2.45) is 0 Å². The monoisotopic (exact) mass is 226 g/mol. The van der Waals surface area contributed by atoms with Crippen LogP contribution in [0.1, 0.15) is 25.3 Å². The highest BCUT2D eigenvalue weighted by atomic mass is 16.5. The second kappa shape index (κ2) is 6.84. The molecule has 0 unspecified atom stereocenters. The molecule has 1 rings (SSSR count). The van der Waals surface area contributed by atoms with Gasteiger partial charge in [0.2, 0.25) is 5.91 Å². The van der Waals surface area contributed by atoms with E-state index in [2.05, 4.69) is 15.5 Å². The number of nitrogens with one attached hydrogen (secondary N) is 2. The van der Waals surface area contributed by atoms with Crippen LogP contribution < -0.4 is 11.1 Å². The number of hydrogen-bond acceptors (Lipinski definition) is 4. The first kappa shape index (κ1) is 12.5. The van der Waals surface area contributed by atoms with Crippen LogP contribution in [0.15, 0.2) is 6.20 Å². The number of nitrogen functional groups attached to an aromatic ring is 1. The fourth-order valence-corrected chi connectivity index (χ4v) is 1.22. The lowest BCUT2D eigenvalue weighted by molar-refractivity contribution is -0.121. The summed E-state index contributed by atoms with van der Waals surface area (Å²) in [6.07, 6.45) is 2.81. The molecule has 90 valence electrons. The average molecular weight is 226 g/mol. The highest BCUT2D eigenvalue weighted by Gasteiger charge is 2.04. The maximum atomic E-state index is 11.4. The largest absolute Gasteiger partial charge is 0.384 e. The van der Waals surface area contributed by atoms with Crippen LogP contribution in [0.2, 0.25) is 0 Å². The van der Waals surface area contributed by atoms with E-state index in [9.17, 15) is 4.79 Å². The highest BCUT2D eigenvalue weighted by Crippen LogP contribution is 2.04. The van der Waals surface area contributed by atoms with Crippen molar-refractivity contribution < 1.29 is 9.53 Å². The highest BCUT2D eigenvalue weighted by molar-refractivity contribution is 5.75. The summed E-state index contributed by atoms with van der Waals surface area (Å²) in [4.78, 5) is 11.4. The third kappa shape index (κ3) is 4.31. The van der Waals surface area contributed by atoms with Crippen molar-refractivity contribution in [1.82, 2.24) is 15.5 Å². The molecule has 0 fully saturated rings. The molecule has 0 aromatic carbocycles. The average Bonchev–Trinajstić information content (AvgIpc) is 2.67. The first-order valence-electron chi connectivity index (χ1n) is 5.36. The Kier molecular flexibility index (Phi) is 5.35. The molecule has 0 aliphatic heterocycles. The molecule has 1 aromatic heterocycles. The zero-order valence-electron chi connectivity index (χ0n) is 9.45. The van der Waals surface area contributed by atoms with Crippen LogP contribution in [0.4, 0.5) is 5.82 Å². The predicted molar refractivity (Wildman–Crippen MR) is 60.6 cm³/mol. The number of carbonyl (C=O) groups is 1. The summed E-state index contributed by atoms with van der Waals surface area (Å²) in [6, 6.07) is 0. The first-order chi connectivity index (χ1) is 7.74. The van der Waals surface area contributed by atoms with Gasteiger partial charge in [-0.3, -0.25) is 9.89 Å².